The van der Waals surface area contributed by atoms with Crippen LogP contribution in [0.4, 0.5) is 0 Å². The van der Waals surface area contributed by atoms with E-state index in [1.165, 1.54) is 0 Å². The number of aryl methyl sites for hydroxylation is 1. The Morgan fingerprint density at radius 1 is 0.652 bits per heavy atom. The summed E-state index contributed by atoms with van der Waals surface area (Å²) in [5, 5.41) is 25.2. The van der Waals surface area contributed by atoms with Gasteiger partial charge >= 0.3 is 0 Å². The zero-order valence-corrected chi connectivity index (χ0v) is 12.7. The number of hydrogen-bond donors (Lipinski definition) is 2. The smallest absolute Gasteiger partial charge is 0.127 e. The maximum absolute atomic E-state index is 10.7. The van der Waals surface area contributed by atoms with Crippen molar-refractivity contribution in [3.63, 3.8) is 0 Å². The maximum atomic E-state index is 10.7. The number of benzene rings is 4. The molecule has 0 aliphatic rings. The summed E-state index contributed by atoms with van der Waals surface area (Å²) in [5.41, 5.74) is 2.17. The molecule has 0 atom stereocenters. The molecule has 0 saturated carbocycles. The molecule has 2 N–H and O–H groups in total. The molecule has 2 nitrogen and oxygen atoms in total. The summed E-state index contributed by atoms with van der Waals surface area (Å²) in [6.07, 6.45) is 0. The zero-order valence-electron chi connectivity index (χ0n) is 12.7. The Balaban J connectivity index is 2.24. The Morgan fingerprint density at radius 2 is 1.26 bits per heavy atom. The number of hydrogen-bond acceptors (Lipinski definition) is 2. The molecule has 0 spiro atoms. The van der Waals surface area contributed by atoms with E-state index >= 15 is 0 Å². The van der Waals surface area contributed by atoms with Crippen molar-refractivity contribution >= 4 is 21.5 Å². The van der Waals surface area contributed by atoms with Gasteiger partial charge in [-0.1, -0.05) is 54.6 Å². The average molecular weight is 300 g/mol. The fourth-order valence-corrected chi connectivity index (χ4v) is 3.25. The molecule has 23 heavy (non-hydrogen) atoms. The number of phenolic OH excluding ortho intramolecular Hbond substituents is 2. The lowest BCUT2D eigenvalue weighted by molar-refractivity contribution is 0.468. The van der Waals surface area contributed by atoms with Crippen LogP contribution < -0.4 is 0 Å². The van der Waals surface area contributed by atoms with Gasteiger partial charge in [0.1, 0.15) is 11.5 Å². The molecule has 0 aliphatic heterocycles. The molecule has 4 aromatic carbocycles. The van der Waals surface area contributed by atoms with E-state index in [9.17, 15) is 10.2 Å². The van der Waals surface area contributed by atoms with Crippen molar-refractivity contribution in [2.75, 3.05) is 0 Å². The summed E-state index contributed by atoms with van der Waals surface area (Å²) in [6, 6.07) is 21.4. The molecular weight excluding hydrogens is 284 g/mol. The van der Waals surface area contributed by atoms with Crippen molar-refractivity contribution in [3.8, 4) is 22.6 Å². The molecule has 0 saturated heterocycles. The first kappa shape index (κ1) is 13.6. The molecule has 0 aliphatic carbocycles. The van der Waals surface area contributed by atoms with Crippen LogP contribution in [0.25, 0.3) is 32.7 Å². The van der Waals surface area contributed by atoms with Crippen LogP contribution >= 0.6 is 0 Å². The van der Waals surface area contributed by atoms with Crippen LogP contribution in [0.15, 0.2) is 66.7 Å². The first-order valence-corrected chi connectivity index (χ1v) is 7.59. The fourth-order valence-electron chi connectivity index (χ4n) is 3.25. The first-order valence-electron chi connectivity index (χ1n) is 7.59. The summed E-state index contributed by atoms with van der Waals surface area (Å²) < 4.78 is 0. The highest BCUT2D eigenvalue weighted by atomic mass is 16.3. The van der Waals surface area contributed by atoms with Crippen LogP contribution in [0.3, 0.4) is 0 Å². The van der Waals surface area contributed by atoms with Crippen molar-refractivity contribution in [1.29, 1.82) is 0 Å². The second kappa shape index (κ2) is 5.03. The molecule has 0 radical (unpaired) electrons. The molecule has 0 fully saturated rings. The third kappa shape index (κ3) is 2.03. The van der Waals surface area contributed by atoms with Gasteiger partial charge in [0.05, 0.1) is 0 Å². The van der Waals surface area contributed by atoms with Crippen molar-refractivity contribution in [2.45, 2.75) is 6.92 Å². The van der Waals surface area contributed by atoms with Gasteiger partial charge in [-0.3, -0.25) is 0 Å². The molecule has 112 valence electrons. The van der Waals surface area contributed by atoms with Crippen molar-refractivity contribution in [1.82, 2.24) is 0 Å². The molecule has 4 aromatic rings. The summed E-state index contributed by atoms with van der Waals surface area (Å²) in [5.74, 6) is 0.394. The maximum Gasteiger partial charge on any atom is 0.127 e. The minimum absolute atomic E-state index is 0.176. The number of fused-ring (bicyclic) bond motifs is 2. The van der Waals surface area contributed by atoms with E-state index in [1.54, 1.807) is 6.07 Å². The third-order valence-electron chi connectivity index (χ3n) is 4.37. The highest BCUT2D eigenvalue weighted by Gasteiger charge is 2.17. The lowest BCUT2D eigenvalue weighted by Gasteiger charge is -2.15. The van der Waals surface area contributed by atoms with Crippen LogP contribution in [-0.2, 0) is 0 Å². The van der Waals surface area contributed by atoms with Crippen LogP contribution in [0.1, 0.15) is 5.56 Å². The number of rotatable bonds is 1. The second-order valence-electron chi connectivity index (χ2n) is 5.82. The van der Waals surface area contributed by atoms with Gasteiger partial charge in [0.15, 0.2) is 0 Å². The van der Waals surface area contributed by atoms with Gasteiger partial charge in [0.2, 0.25) is 0 Å². The van der Waals surface area contributed by atoms with Crippen molar-refractivity contribution in [2.24, 2.45) is 0 Å². The second-order valence-corrected chi connectivity index (χ2v) is 5.82. The average Bonchev–Trinajstić information content (AvgIpc) is 2.57. The molecule has 4 rings (SSSR count). The monoisotopic (exact) mass is 300 g/mol. The molecular formula is C21H16O2. The number of aromatic hydroxyl groups is 2. The molecule has 0 amide bonds. The normalized spacial score (nSPS) is 11.2. The standard InChI is InChI=1S/C21H16O2/c1-13-12-15-7-3-5-9-17(15)20(21(13)23)19-16-8-4-2-6-14(16)10-11-18(19)22/h2-12,22-23H,1H3. The summed E-state index contributed by atoms with van der Waals surface area (Å²) in [6.45, 7) is 1.88. The van der Waals surface area contributed by atoms with Gasteiger partial charge in [0, 0.05) is 11.1 Å². The molecule has 2 heteroatoms. The van der Waals surface area contributed by atoms with Gasteiger partial charge in [0.25, 0.3) is 0 Å². The van der Waals surface area contributed by atoms with Crippen LogP contribution in [0.2, 0.25) is 0 Å². The van der Waals surface area contributed by atoms with Crippen molar-refractivity contribution in [3.05, 3.63) is 72.3 Å². The Kier molecular flexibility index (Phi) is 2.98. The zero-order chi connectivity index (χ0) is 16.0. The largest absolute Gasteiger partial charge is 0.507 e. The molecule has 0 aromatic heterocycles. The quantitative estimate of drug-likeness (QED) is 0.495. The highest BCUT2D eigenvalue weighted by molar-refractivity contribution is 6.10. The lowest BCUT2D eigenvalue weighted by Crippen LogP contribution is -1.89. The Hall–Kier alpha value is -3.00. The van der Waals surface area contributed by atoms with E-state index in [0.29, 0.717) is 11.1 Å². The Morgan fingerprint density at radius 3 is 2.00 bits per heavy atom. The predicted molar refractivity (Wildman–Crippen MR) is 95.0 cm³/mol. The molecule has 0 heterocycles. The molecule has 0 bridgehead atoms. The van der Waals surface area contributed by atoms with E-state index in [-0.39, 0.29) is 11.5 Å². The number of phenols is 2. The topological polar surface area (TPSA) is 40.5 Å². The minimum atomic E-state index is 0.176. The molecule has 0 unspecified atom stereocenters. The van der Waals surface area contributed by atoms with Crippen molar-refractivity contribution < 1.29 is 10.2 Å². The van der Waals surface area contributed by atoms with E-state index in [1.807, 2.05) is 67.6 Å². The predicted octanol–water partition coefficient (Wildman–Crippen LogP) is 5.38. The van der Waals surface area contributed by atoms with Gasteiger partial charge in [-0.2, -0.15) is 0 Å². The van der Waals surface area contributed by atoms with Gasteiger partial charge in [-0.05, 0) is 46.2 Å². The van der Waals surface area contributed by atoms with E-state index in [4.69, 9.17) is 0 Å². The summed E-state index contributed by atoms with van der Waals surface area (Å²) in [4.78, 5) is 0. The van der Waals surface area contributed by atoms with Crippen LogP contribution in [0.5, 0.6) is 11.5 Å². The van der Waals surface area contributed by atoms with E-state index in [2.05, 4.69) is 0 Å². The third-order valence-corrected chi connectivity index (χ3v) is 4.37. The highest BCUT2D eigenvalue weighted by Crippen LogP contribution is 2.45. The lowest BCUT2D eigenvalue weighted by atomic mass is 9.91. The van der Waals surface area contributed by atoms with Crippen LogP contribution in [0, 0.1) is 6.92 Å². The minimum Gasteiger partial charge on any atom is -0.507 e. The first-order chi connectivity index (χ1) is 11.2. The Bertz CT molecular complexity index is 1050. The van der Waals surface area contributed by atoms with Crippen LogP contribution in [-0.4, -0.2) is 10.2 Å². The van der Waals surface area contributed by atoms with E-state index in [0.717, 1.165) is 27.1 Å². The summed E-state index contributed by atoms with van der Waals surface area (Å²) in [7, 11) is 0. The van der Waals surface area contributed by atoms with Gasteiger partial charge < -0.3 is 10.2 Å². The summed E-state index contributed by atoms with van der Waals surface area (Å²) >= 11 is 0. The fraction of sp³-hybridized carbons (Fsp3) is 0.0476. The van der Waals surface area contributed by atoms with Gasteiger partial charge in [-0.15, -0.1) is 0 Å². The van der Waals surface area contributed by atoms with E-state index < -0.39 is 0 Å². The SMILES string of the molecule is Cc1cc2ccccc2c(-c2c(O)ccc3ccccc23)c1O. The Labute approximate surface area is 134 Å². The van der Waals surface area contributed by atoms with Gasteiger partial charge in [-0.25, -0.2) is 0 Å².